The molecule has 146 valence electrons. The number of aryl methyl sites for hydroxylation is 2. The largest absolute Gasteiger partial charge is 0.356 e. The molecule has 0 unspecified atom stereocenters. The van der Waals surface area contributed by atoms with Crippen LogP contribution in [0.2, 0.25) is 10.0 Å². The molecular weight excluding hydrogens is 385 g/mol. The highest BCUT2D eigenvalue weighted by molar-refractivity contribution is 6.33. The molecule has 6 nitrogen and oxygen atoms in total. The van der Waals surface area contributed by atoms with Crippen LogP contribution in [-0.4, -0.2) is 42.0 Å². The van der Waals surface area contributed by atoms with Crippen molar-refractivity contribution in [3.05, 3.63) is 51.8 Å². The van der Waals surface area contributed by atoms with Crippen molar-refractivity contribution in [1.29, 1.82) is 0 Å². The average molecular weight is 410 g/mol. The number of nitrogens with one attached hydrogen (secondary N) is 2. The number of halogens is 2. The smallest absolute Gasteiger partial charge is 0.226 e. The van der Waals surface area contributed by atoms with E-state index in [-0.39, 0.29) is 5.91 Å². The molecule has 0 radical (unpaired) electrons. The van der Waals surface area contributed by atoms with Crippen LogP contribution in [0, 0.1) is 6.92 Å². The van der Waals surface area contributed by atoms with Gasteiger partial charge in [0.2, 0.25) is 5.91 Å². The van der Waals surface area contributed by atoms with Crippen LogP contribution in [0.3, 0.4) is 0 Å². The predicted octanol–water partition coefficient (Wildman–Crippen LogP) is 3.68. The van der Waals surface area contributed by atoms with E-state index in [1.807, 2.05) is 54.9 Å². The number of rotatable bonds is 6. The monoisotopic (exact) mass is 409 g/mol. The van der Waals surface area contributed by atoms with Gasteiger partial charge in [-0.05, 0) is 30.7 Å². The molecule has 2 rings (SSSR count). The lowest BCUT2D eigenvalue weighted by molar-refractivity contribution is -0.116. The molecule has 0 aliphatic carbocycles. The van der Waals surface area contributed by atoms with E-state index in [1.165, 1.54) is 0 Å². The van der Waals surface area contributed by atoms with E-state index in [9.17, 15) is 4.79 Å². The molecule has 2 N–H and O–H groups in total. The summed E-state index contributed by atoms with van der Waals surface area (Å²) >= 11 is 12.2. The van der Waals surface area contributed by atoms with Gasteiger partial charge in [0.1, 0.15) is 0 Å². The Hall–Kier alpha value is -2.18. The number of anilines is 1. The number of hydrogen-bond donors (Lipinski definition) is 2. The van der Waals surface area contributed by atoms with Crippen molar-refractivity contribution in [3.8, 4) is 0 Å². The highest BCUT2D eigenvalue weighted by Gasteiger charge is 2.11. The normalized spacial score (nSPS) is 11.4. The molecule has 1 aromatic carbocycles. The molecular formula is C19H25Cl2N5O. The summed E-state index contributed by atoms with van der Waals surface area (Å²) < 4.78 is 1.98. The molecule has 2 aromatic rings. The fraction of sp³-hybridized carbons (Fsp3) is 0.368. The number of nitrogens with zero attached hydrogens (tertiary/aromatic N) is 3. The van der Waals surface area contributed by atoms with E-state index in [4.69, 9.17) is 23.2 Å². The minimum atomic E-state index is -0.111. The Morgan fingerprint density at radius 3 is 2.63 bits per heavy atom. The lowest BCUT2D eigenvalue weighted by Gasteiger charge is -2.22. The molecule has 0 fully saturated rings. The molecule has 0 saturated carbocycles. The number of carbonyl (C=O) groups excluding carboxylic acids is 1. The maximum Gasteiger partial charge on any atom is 0.226 e. The molecule has 27 heavy (non-hydrogen) atoms. The van der Waals surface area contributed by atoms with E-state index in [1.54, 1.807) is 13.1 Å². The molecule has 0 spiro atoms. The summed E-state index contributed by atoms with van der Waals surface area (Å²) in [5.41, 5.74) is 2.73. The van der Waals surface area contributed by atoms with Gasteiger partial charge in [0.25, 0.3) is 0 Å². The first kappa shape index (κ1) is 21.1. The first-order valence-corrected chi connectivity index (χ1v) is 9.34. The van der Waals surface area contributed by atoms with Gasteiger partial charge in [-0.2, -0.15) is 0 Å². The van der Waals surface area contributed by atoms with E-state index in [2.05, 4.69) is 15.6 Å². The summed E-state index contributed by atoms with van der Waals surface area (Å²) in [7, 11) is 5.59. The zero-order valence-corrected chi connectivity index (χ0v) is 17.5. The fourth-order valence-corrected chi connectivity index (χ4v) is 3.20. The van der Waals surface area contributed by atoms with E-state index in [0.717, 1.165) is 11.3 Å². The molecule has 0 aliphatic heterocycles. The maximum atomic E-state index is 12.1. The van der Waals surface area contributed by atoms with E-state index >= 15 is 0 Å². The van der Waals surface area contributed by atoms with E-state index in [0.29, 0.717) is 41.2 Å². The Morgan fingerprint density at radius 2 is 2.04 bits per heavy atom. The third-order valence-corrected chi connectivity index (χ3v) is 4.60. The number of guanidine groups is 1. The van der Waals surface area contributed by atoms with Crippen molar-refractivity contribution >= 4 is 40.8 Å². The number of hydrogen-bond acceptors (Lipinski definition) is 2. The molecule has 0 atom stereocenters. The summed E-state index contributed by atoms with van der Waals surface area (Å²) in [5.74, 6) is 0.592. The van der Waals surface area contributed by atoms with Crippen LogP contribution in [0.4, 0.5) is 5.69 Å². The highest BCUT2D eigenvalue weighted by Crippen LogP contribution is 2.22. The summed E-state index contributed by atoms with van der Waals surface area (Å²) in [6.07, 6.45) is 2.16. The standard InChI is InChI=1S/C19H25Cl2N5O/c1-13-5-6-17(16(21)9-13)24-18(27)7-8-23-19(22-2)26(4)12-15-10-14(20)11-25(15)3/h5-6,9-11H,7-8,12H2,1-4H3,(H,22,23)(H,24,27). The lowest BCUT2D eigenvalue weighted by atomic mass is 10.2. The van der Waals surface area contributed by atoms with Crippen LogP contribution >= 0.6 is 23.2 Å². The molecule has 0 aliphatic rings. The quantitative estimate of drug-likeness (QED) is 0.564. The predicted molar refractivity (Wildman–Crippen MR) is 113 cm³/mol. The molecule has 0 bridgehead atoms. The molecule has 0 saturated heterocycles. The van der Waals surface area contributed by atoms with Gasteiger partial charge in [-0.3, -0.25) is 9.79 Å². The number of aliphatic imine (C=N–C) groups is 1. The van der Waals surface area contributed by atoms with Crippen molar-refractivity contribution < 1.29 is 4.79 Å². The van der Waals surface area contributed by atoms with Crippen molar-refractivity contribution in [2.45, 2.75) is 19.9 Å². The second kappa shape index (κ2) is 9.67. The Morgan fingerprint density at radius 1 is 1.30 bits per heavy atom. The third-order valence-electron chi connectivity index (χ3n) is 4.08. The van der Waals surface area contributed by atoms with Crippen LogP contribution < -0.4 is 10.6 Å². The lowest BCUT2D eigenvalue weighted by Crippen LogP contribution is -2.40. The number of benzene rings is 1. The highest BCUT2D eigenvalue weighted by atomic mass is 35.5. The van der Waals surface area contributed by atoms with Gasteiger partial charge in [-0.1, -0.05) is 29.3 Å². The molecule has 8 heteroatoms. The number of carbonyl (C=O) groups is 1. The molecule has 1 amide bonds. The van der Waals surface area contributed by atoms with Gasteiger partial charge < -0.3 is 20.1 Å². The van der Waals surface area contributed by atoms with Gasteiger partial charge in [0, 0.05) is 46.0 Å². The Labute approximate surface area is 170 Å². The summed E-state index contributed by atoms with van der Waals surface area (Å²) in [4.78, 5) is 18.4. The zero-order chi connectivity index (χ0) is 20.0. The van der Waals surface area contributed by atoms with E-state index < -0.39 is 0 Å². The van der Waals surface area contributed by atoms with Crippen molar-refractivity contribution in [3.63, 3.8) is 0 Å². The van der Waals surface area contributed by atoms with Crippen molar-refractivity contribution in [1.82, 2.24) is 14.8 Å². The van der Waals surface area contributed by atoms with Crippen LogP contribution in [0.25, 0.3) is 0 Å². The first-order chi connectivity index (χ1) is 12.8. The summed E-state index contributed by atoms with van der Waals surface area (Å²) in [6.45, 7) is 3.06. The van der Waals surface area contributed by atoms with Gasteiger partial charge in [0.05, 0.1) is 22.3 Å². The summed E-state index contributed by atoms with van der Waals surface area (Å²) in [5, 5.41) is 7.26. The van der Waals surface area contributed by atoms with Crippen LogP contribution in [0.15, 0.2) is 35.5 Å². The van der Waals surface area contributed by atoms with Gasteiger partial charge in [0.15, 0.2) is 5.96 Å². The van der Waals surface area contributed by atoms with Crippen LogP contribution in [0.1, 0.15) is 17.7 Å². The Balaban J connectivity index is 1.83. The van der Waals surface area contributed by atoms with Crippen molar-refractivity contribution in [2.24, 2.45) is 12.0 Å². The average Bonchev–Trinajstić information content (AvgIpc) is 2.91. The second-order valence-electron chi connectivity index (χ2n) is 6.37. The fourth-order valence-electron chi connectivity index (χ4n) is 2.65. The minimum Gasteiger partial charge on any atom is -0.356 e. The maximum absolute atomic E-state index is 12.1. The SMILES string of the molecule is CN=C(NCCC(=O)Nc1ccc(C)cc1Cl)N(C)Cc1cc(Cl)cn1C. The topological polar surface area (TPSA) is 61.7 Å². The van der Waals surface area contributed by atoms with Gasteiger partial charge in [-0.15, -0.1) is 0 Å². The molecule has 1 aromatic heterocycles. The van der Waals surface area contributed by atoms with Crippen LogP contribution in [0.5, 0.6) is 0 Å². The number of aromatic nitrogens is 1. The Bertz CT molecular complexity index is 832. The zero-order valence-electron chi connectivity index (χ0n) is 16.0. The number of amides is 1. The molecule has 1 heterocycles. The van der Waals surface area contributed by atoms with Crippen molar-refractivity contribution in [2.75, 3.05) is 26.0 Å². The van der Waals surface area contributed by atoms with Gasteiger partial charge in [-0.25, -0.2) is 0 Å². The van der Waals surface area contributed by atoms with Gasteiger partial charge >= 0.3 is 0 Å². The minimum absolute atomic E-state index is 0.111. The Kier molecular flexibility index (Phi) is 7.56. The first-order valence-electron chi connectivity index (χ1n) is 8.58. The second-order valence-corrected chi connectivity index (χ2v) is 7.22. The summed E-state index contributed by atoms with van der Waals surface area (Å²) in [6, 6.07) is 7.46. The van der Waals surface area contributed by atoms with Crippen LogP contribution in [-0.2, 0) is 18.4 Å². The third kappa shape index (κ3) is 6.19.